The second-order valence-corrected chi connectivity index (χ2v) is 9.34. The average molecular weight is 417 g/mol. The van der Waals surface area contributed by atoms with Gasteiger partial charge in [0.15, 0.2) is 7.14 Å². The molecule has 0 saturated carbocycles. The molecular weight excluding hydrogens is 406 g/mol. The topological polar surface area (TPSA) is 60.4 Å². The Balaban J connectivity index is 2.07. The number of hydrogen-bond donors (Lipinski definition) is 0. The van der Waals surface area contributed by atoms with Gasteiger partial charge in [-0.3, -0.25) is 9.59 Å². The number of fused-ring (bicyclic) bond motifs is 2. The van der Waals surface area contributed by atoms with Crippen molar-refractivity contribution >= 4 is 56.7 Å². The van der Waals surface area contributed by atoms with E-state index in [1.165, 1.54) is 24.3 Å². The molecule has 0 unspecified atom stereocenters. The number of benzene rings is 3. The largest absolute Gasteiger partial charge is 0.456 e. The van der Waals surface area contributed by atoms with E-state index in [1.807, 2.05) is 6.07 Å². The van der Waals surface area contributed by atoms with Crippen LogP contribution < -0.4 is 20.7 Å². The van der Waals surface area contributed by atoms with E-state index in [2.05, 4.69) is 0 Å². The molecule has 0 saturated heterocycles. The standard InChI is InChI=1S/C20H11Cl2O4P/c21-19(23)12-6-8-15-17(10-12)27(25,14-4-2-1-3-5-14)18-11-13(20(22)24)7-9-16(18)26-15/h1-11H. The van der Waals surface area contributed by atoms with E-state index in [9.17, 15) is 14.2 Å². The fourth-order valence-electron chi connectivity index (χ4n) is 3.11. The van der Waals surface area contributed by atoms with Gasteiger partial charge in [0, 0.05) is 16.4 Å². The molecule has 3 aromatic carbocycles. The minimum atomic E-state index is -3.43. The summed E-state index contributed by atoms with van der Waals surface area (Å²) in [5, 5.41) is -0.0614. The number of carbonyl (C=O) groups is 2. The smallest absolute Gasteiger partial charge is 0.252 e. The molecule has 0 radical (unpaired) electrons. The molecule has 1 aliphatic rings. The van der Waals surface area contributed by atoms with Crippen molar-refractivity contribution in [2.75, 3.05) is 0 Å². The minimum Gasteiger partial charge on any atom is -0.456 e. The van der Waals surface area contributed by atoms with Gasteiger partial charge in [-0.25, -0.2) is 0 Å². The molecule has 27 heavy (non-hydrogen) atoms. The summed E-state index contributed by atoms with van der Waals surface area (Å²) in [4.78, 5) is 23.3. The van der Waals surface area contributed by atoms with Crippen LogP contribution in [0.5, 0.6) is 11.5 Å². The molecule has 1 heterocycles. The van der Waals surface area contributed by atoms with E-state index >= 15 is 0 Å². The zero-order chi connectivity index (χ0) is 19.2. The van der Waals surface area contributed by atoms with Gasteiger partial charge in [0.1, 0.15) is 11.5 Å². The van der Waals surface area contributed by atoms with Crippen LogP contribution in [0, 0.1) is 0 Å². The second kappa shape index (κ2) is 6.65. The maximum absolute atomic E-state index is 14.4. The molecular formula is C20H11Cl2O4P. The van der Waals surface area contributed by atoms with Crippen molar-refractivity contribution in [3.63, 3.8) is 0 Å². The summed E-state index contributed by atoms with van der Waals surface area (Å²) in [6.45, 7) is 0. The zero-order valence-electron chi connectivity index (χ0n) is 13.7. The molecule has 7 heteroatoms. The minimum absolute atomic E-state index is 0.211. The van der Waals surface area contributed by atoms with Crippen LogP contribution in [-0.2, 0) is 4.57 Å². The van der Waals surface area contributed by atoms with Crippen molar-refractivity contribution in [2.24, 2.45) is 0 Å². The van der Waals surface area contributed by atoms with Crippen LogP contribution in [0.3, 0.4) is 0 Å². The van der Waals surface area contributed by atoms with Crippen LogP contribution in [0.1, 0.15) is 20.7 Å². The molecule has 0 spiro atoms. The molecule has 0 atom stereocenters. The molecule has 1 aliphatic heterocycles. The average Bonchev–Trinajstić information content (AvgIpc) is 2.68. The number of hydrogen-bond acceptors (Lipinski definition) is 4. The third-order valence-electron chi connectivity index (χ3n) is 4.39. The lowest BCUT2D eigenvalue weighted by Crippen LogP contribution is -2.31. The van der Waals surface area contributed by atoms with Gasteiger partial charge in [0.2, 0.25) is 0 Å². The lowest BCUT2D eigenvalue weighted by molar-refractivity contribution is 0.107. The van der Waals surface area contributed by atoms with E-state index in [1.54, 1.807) is 36.4 Å². The Morgan fingerprint density at radius 1 is 0.741 bits per heavy atom. The number of rotatable bonds is 3. The predicted molar refractivity (Wildman–Crippen MR) is 106 cm³/mol. The molecule has 0 bridgehead atoms. The van der Waals surface area contributed by atoms with Crippen LogP contribution in [0.4, 0.5) is 0 Å². The molecule has 0 amide bonds. The van der Waals surface area contributed by atoms with Crippen molar-refractivity contribution in [1.29, 1.82) is 0 Å². The third-order valence-corrected chi connectivity index (χ3v) is 7.91. The van der Waals surface area contributed by atoms with E-state index in [-0.39, 0.29) is 11.1 Å². The van der Waals surface area contributed by atoms with Crippen molar-refractivity contribution in [2.45, 2.75) is 0 Å². The molecule has 3 aromatic rings. The first-order valence-corrected chi connectivity index (χ1v) is 10.4. The first-order valence-electron chi connectivity index (χ1n) is 7.93. The van der Waals surface area contributed by atoms with Gasteiger partial charge in [-0.05, 0) is 59.6 Å². The van der Waals surface area contributed by atoms with Crippen LogP contribution in [0.25, 0.3) is 0 Å². The summed E-state index contributed by atoms with van der Waals surface area (Å²) < 4.78 is 20.3. The van der Waals surface area contributed by atoms with Gasteiger partial charge in [0.25, 0.3) is 10.5 Å². The van der Waals surface area contributed by atoms with E-state index in [0.717, 1.165) is 0 Å². The van der Waals surface area contributed by atoms with Crippen LogP contribution in [0.2, 0.25) is 0 Å². The predicted octanol–water partition coefficient (Wildman–Crippen LogP) is 4.19. The van der Waals surface area contributed by atoms with Gasteiger partial charge in [0.05, 0.1) is 10.6 Å². The lowest BCUT2D eigenvalue weighted by Gasteiger charge is -2.29. The molecule has 4 nitrogen and oxygen atoms in total. The van der Waals surface area contributed by atoms with Gasteiger partial charge < -0.3 is 9.30 Å². The Hall–Kier alpha value is -2.39. The summed E-state index contributed by atoms with van der Waals surface area (Å²) in [6.07, 6.45) is 0. The summed E-state index contributed by atoms with van der Waals surface area (Å²) in [5.41, 5.74) is 0.423. The van der Waals surface area contributed by atoms with Crippen LogP contribution >= 0.6 is 30.3 Å². The van der Waals surface area contributed by atoms with Crippen LogP contribution in [0.15, 0.2) is 66.7 Å². The summed E-state index contributed by atoms with van der Waals surface area (Å²) in [6, 6.07) is 18.0. The third kappa shape index (κ3) is 2.90. The maximum Gasteiger partial charge on any atom is 0.252 e. The fourth-order valence-corrected chi connectivity index (χ4v) is 6.25. The molecule has 0 aromatic heterocycles. The maximum atomic E-state index is 14.4. The van der Waals surface area contributed by atoms with Crippen molar-refractivity contribution < 1.29 is 18.9 Å². The highest BCUT2D eigenvalue weighted by atomic mass is 35.5. The highest BCUT2D eigenvalue weighted by Gasteiger charge is 2.40. The molecule has 0 N–H and O–H groups in total. The molecule has 0 fully saturated rings. The number of halogens is 2. The molecule has 0 aliphatic carbocycles. The van der Waals surface area contributed by atoms with E-state index in [0.29, 0.717) is 27.4 Å². The summed E-state index contributed by atoms with van der Waals surface area (Å²) in [5.74, 6) is 0.752. The Labute approximate surface area is 165 Å². The Morgan fingerprint density at radius 3 is 1.67 bits per heavy atom. The Bertz CT molecular complexity index is 1070. The van der Waals surface area contributed by atoms with Gasteiger partial charge in [-0.2, -0.15) is 0 Å². The second-order valence-electron chi connectivity index (χ2n) is 5.96. The highest BCUT2D eigenvalue weighted by Crippen LogP contribution is 2.51. The van der Waals surface area contributed by atoms with Gasteiger partial charge in [-0.15, -0.1) is 0 Å². The van der Waals surface area contributed by atoms with Crippen LogP contribution in [-0.4, -0.2) is 10.5 Å². The van der Waals surface area contributed by atoms with Crippen molar-refractivity contribution in [3.05, 3.63) is 77.9 Å². The number of carbonyl (C=O) groups excluding carboxylic acids is 2. The normalized spacial score (nSPS) is 13.9. The highest BCUT2D eigenvalue weighted by molar-refractivity contribution is 7.85. The van der Waals surface area contributed by atoms with Crippen molar-refractivity contribution in [3.8, 4) is 11.5 Å². The van der Waals surface area contributed by atoms with Crippen molar-refractivity contribution in [1.82, 2.24) is 0 Å². The lowest BCUT2D eigenvalue weighted by atomic mass is 10.2. The first-order chi connectivity index (χ1) is 12.9. The molecule has 4 rings (SSSR count). The quantitative estimate of drug-likeness (QED) is 0.371. The molecule has 134 valence electrons. The van der Waals surface area contributed by atoms with E-state index in [4.69, 9.17) is 27.9 Å². The summed E-state index contributed by atoms with van der Waals surface area (Å²) >= 11 is 11.2. The Morgan fingerprint density at radius 2 is 1.22 bits per heavy atom. The monoisotopic (exact) mass is 416 g/mol. The summed E-state index contributed by atoms with van der Waals surface area (Å²) in [7, 11) is -3.43. The van der Waals surface area contributed by atoms with Gasteiger partial charge in [-0.1, -0.05) is 30.3 Å². The Kier molecular flexibility index (Phi) is 4.43. The zero-order valence-corrected chi connectivity index (χ0v) is 16.1. The van der Waals surface area contributed by atoms with Gasteiger partial charge >= 0.3 is 0 Å². The van der Waals surface area contributed by atoms with E-state index < -0.39 is 17.6 Å². The SMILES string of the molecule is O=C(Cl)c1ccc2c(c1)P(=O)(c1ccccc1)c1cc(C(=O)Cl)ccc1O2. The fraction of sp³-hybridized carbons (Fsp3) is 0. The number of ether oxygens (including phenoxy) is 1. The first kappa shape index (κ1) is 18.0.